The molecule has 2 N–H and O–H groups in total. The van der Waals surface area contributed by atoms with Gasteiger partial charge in [-0.2, -0.15) is 0 Å². The van der Waals surface area contributed by atoms with Crippen LogP contribution in [0.15, 0.2) is 48.5 Å². The second kappa shape index (κ2) is 26.8. The quantitative estimate of drug-likeness (QED) is 0.179. The van der Waals surface area contributed by atoms with Crippen molar-refractivity contribution in [1.82, 2.24) is 40.4 Å². The van der Waals surface area contributed by atoms with Crippen LogP contribution in [-0.2, 0) is 78.6 Å². The molecule has 2 radical (unpaired) electrons. The molecule has 20 heteroatoms. The number of nitrogens with zero attached hydrogens (tertiary/aromatic N) is 6. The van der Waals surface area contributed by atoms with Crippen molar-refractivity contribution in [2.24, 2.45) is 46.3 Å². The van der Waals surface area contributed by atoms with Gasteiger partial charge >= 0.3 is 12.2 Å². The summed E-state index contributed by atoms with van der Waals surface area (Å²) in [5.41, 5.74) is 2.91. The number of ether oxygens (including phenoxy) is 4. The Labute approximate surface area is 518 Å². The summed E-state index contributed by atoms with van der Waals surface area (Å²) in [6.45, 7) is 17.6. The smallest absolute Gasteiger partial charge is 0.408 e. The maximum absolute atomic E-state index is 14.0. The molecule has 14 atom stereocenters. The van der Waals surface area contributed by atoms with Gasteiger partial charge in [0.2, 0.25) is 23.6 Å². The molecule has 2 aromatic carbocycles. The number of rotatable bonds is 2. The number of carbonyl (C=O) groups is 4. The molecule has 452 valence electrons. The summed E-state index contributed by atoms with van der Waals surface area (Å²) in [5, 5.41) is 5.77. The Morgan fingerprint density at radius 3 is 1.49 bits per heavy atom. The molecule has 84 heavy (non-hydrogen) atoms. The van der Waals surface area contributed by atoms with E-state index in [1.165, 1.54) is 16.2 Å². The van der Waals surface area contributed by atoms with Gasteiger partial charge in [-0.1, -0.05) is 117 Å². The van der Waals surface area contributed by atoms with Crippen LogP contribution in [0.1, 0.15) is 157 Å². The molecular formula is C64H84N8O10V2-2. The molecule has 0 spiro atoms. The first-order valence-corrected chi connectivity index (χ1v) is 30.3. The van der Waals surface area contributed by atoms with Gasteiger partial charge in [0.25, 0.3) is 0 Å². The Morgan fingerprint density at radius 2 is 1.01 bits per heavy atom. The maximum Gasteiger partial charge on any atom is 0.408 e. The molecule has 11 rings (SSSR count). The fourth-order valence-corrected chi connectivity index (χ4v) is 14.0. The molecule has 2 saturated heterocycles. The molecule has 2 unspecified atom stereocenters. The third kappa shape index (κ3) is 14.1. The number of nitrogens with one attached hydrogen (secondary N) is 2. The molecule has 4 bridgehead atoms. The summed E-state index contributed by atoms with van der Waals surface area (Å²) >= 11 is 0. The van der Waals surface area contributed by atoms with Crippen LogP contribution in [-0.4, -0.2) is 127 Å². The summed E-state index contributed by atoms with van der Waals surface area (Å²) in [7, 11) is 0. The Balaban J connectivity index is 0.000000214. The van der Waals surface area contributed by atoms with Crippen molar-refractivity contribution < 1.29 is 84.8 Å². The summed E-state index contributed by atoms with van der Waals surface area (Å²) in [4.78, 5) is 101. The Morgan fingerprint density at radius 1 is 0.560 bits per heavy atom. The van der Waals surface area contributed by atoms with Gasteiger partial charge in [-0.15, -0.1) is 0 Å². The Bertz CT molecular complexity index is 2940. The number of carbonyl (C=O) groups excluding carboxylic acids is 6. The van der Waals surface area contributed by atoms with Crippen LogP contribution in [0.2, 0.25) is 0 Å². The van der Waals surface area contributed by atoms with E-state index in [1.54, 1.807) is 0 Å². The van der Waals surface area contributed by atoms with Crippen molar-refractivity contribution in [3.8, 4) is 11.8 Å². The van der Waals surface area contributed by atoms with Crippen LogP contribution < -0.4 is 20.1 Å². The fraction of sp³-hybridized carbons (Fsp3) is 0.656. The van der Waals surface area contributed by atoms with Crippen molar-refractivity contribution in [2.75, 3.05) is 13.1 Å². The van der Waals surface area contributed by atoms with Gasteiger partial charge < -0.3 is 49.0 Å². The summed E-state index contributed by atoms with van der Waals surface area (Å²) in [6.07, 6.45) is 16.3. The molecule has 3 saturated carbocycles. The molecule has 6 heterocycles. The Hall–Kier alpha value is -5.29. The van der Waals surface area contributed by atoms with Crippen molar-refractivity contribution in [3.05, 3.63) is 59.9 Å². The fourth-order valence-electron chi connectivity index (χ4n) is 14.0. The number of fused-ring (bicyclic) bond motifs is 12. The van der Waals surface area contributed by atoms with Gasteiger partial charge in [-0.3, -0.25) is 9.59 Å². The largest absolute Gasteiger partial charge is 0.540 e. The average Bonchev–Trinajstić information content (AvgIpc) is 3.92. The van der Waals surface area contributed by atoms with E-state index < -0.39 is 65.0 Å². The van der Waals surface area contributed by atoms with Gasteiger partial charge in [0.15, 0.2) is 0 Å². The zero-order valence-corrected chi connectivity index (χ0v) is 53.1. The summed E-state index contributed by atoms with van der Waals surface area (Å²) < 4.78 is 25.1. The van der Waals surface area contributed by atoms with Gasteiger partial charge in [0.1, 0.15) is 47.4 Å². The molecular weight excluding hydrogens is 1140 g/mol. The third-order valence-electron chi connectivity index (χ3n) is 19.0. The number of alkyl carbamates (subject to hydrolysis) is 2. The van der Waals surface area contributed by atoms with Gasteiger partial charge in [-0.25, -0.2) is 42.1 Å². The Kier molecular flexibility index (Phi) is 20.6. The van der Waals surface area contributed by atoms with Gasteiger partial charge in [0.05, 0.1) is 35.2 Å². The van der Waals surface area contributed by atoms with Gasteiger partial charge in [-0.05, 0) is 148 Å². The first kappa shape index (κ1) is 64.7. The summed E-state index contributed by atoms with van der Waals surface area (Å²) in [5.74, 6) is 1.50. The standard InChI is InChI=1S/C32H41N4O5.C32H43N4O5.2V/c1-18-25(17-37)36-16-27(18)40-29-24(33-22-11-8-9-12-23(22)34-29)13-7-5-6-10-20-21-14-19(21)15-26(20)41-31(39)35-28(30(36)38)32(2,3)4;1-20-25(19-37)36-18-26(20)40-28-24(33-22-14-9-10-15-23(22)34-28)16-8-6-7-12-21-13-11-17-32(21,5)41-30(39)35-27(29(36)38)31(2,3)4;;/h8-9,11-12,18-21,25-28H,5-7,10,13-16H2,1-4H3,(H,35,39);9-10,14-15,20-21,25-27H,6-8,11-13,16-18H2,1-5H3,(H,35,39);;/q2*-1;;/t18-,19?,20+,21?,25+,26+,27-,28+;20-,21+,25+,26-,27+,32+;;/m00../s1. The number of amides is 4. The van der Waals surface area contributed by atoms with Crippen molar-refractivity contribution >= 4 is 58.6 Å². The average molecular weight is 1230 g/mol. The van der Waals surface area contributed by atoms with E-state index in [4.69, 9.17) is 38.9 Å². The first-order chi connectivity index (χ1) is 39.1. The maximum atomic E-state index is 14.0. The number of aryl methyl sites for hydroxylation is 2. The minimum atomic E-state index is -0.893. The predicted molar refractivity (Wildman–Crippen MR) is 308 cm³/mol. The molecule has 2 aromatic heterocycles. The minimum absolute atomic E-state index is 0. The van der Waals surface area contributed by atoms with E-state index in [0.717, 1.165) is 117 Å². The van der Waals surface area contributed by atoms with E-state index >= 15 is 0 Å². The second-order valence-electron chi connectivity index (χ2n) is 26.9. The topological polar surface area (TPSA) is 221 Å². The molecule has 7 aliphatic rings. The zero-order valence-electron chi connectivity index (χ0n) is 50.3. The van der Waals surface area contributed by atoms with Crippen LogP contribution in [0.4, 0.5) is 9.59 Å². The molecule has 4 aromatic rings. The van der Waals surface area contributed by atoms with Crippen molar-refractivity contribution in [2.45, 2.75) is 207 Å². The van der Waals surface area contributed by atoms with Crippen molar-refractivity contribution in [1.29, 1.82) is 0 Å². The second-order valence-corrected chi connectivity index (χ2v) is 26.9. The normalized spacial score (nSPS) is 32.2. The van der Waals surface area contributed by atoms with Crippen LogP contribution >= 0.6 is 0 Å². The number of aromatic nitrogens is 4. The van der Waals surface area contributed by atoms with E-state index in [0.29, 0.717) is 35.9 Å². The SMILES string of the molecule is C[C@@H]1[C@@H]2CN(C(=O)[C@H](C(C)(C)C)NC(=O)O[C@@H]3CC4CC4[C@H]3CCCCCc3nc4ccccc4nc3O2)[C@@H]1[C-]=O.C[C@@H]1[C@@H]2CN(C(=O)[C@H](C(C)(C)C)NC(=O)O[C@]3(C)CCC[C@H]3CCCCCc3nc4ccccc4nc3O2)[C@@H]1[C-]=O.[V].[V]. The molecule has 3 aliphatic carbocycles. The van der Waals surface area contributed by atoms with E-state index in [-0.39, 0.29) is 85.9 Å². The van der Waals surface area contributed by atoms with Crippen molar-refractivity contribution in [3.63, 3.8) is 0 Å². The predicted octanol–water partition coefficient (Wildman–Crippen LogP) is 9.76. The number of benzene rings is 2. The number of para-hydroxylation sites is 4. The van der Waals surface area contributed by atoms with Crippen LogP contribution in [0.3, 0.4) is 0 Å². The number of hydrogen-bond donors (Lipinski definition) is 2. The van der Waals surface area contributed by atoms with Crippen LogP contribution in [0.25, 0.3) is 22.1 Å². The van der Waals surface area contributed by atoms with E-state index in [2.05, 4.69) is 23.2 Å². The first-order valence-electron chi connectivity index (χ1n) is 30.3. The molecule has 4 amide bonds. The van der Waals surface area contributed by atoms with E-state index in [1.807, 2.05) is 111 Å². The molecule has 5 fully saturated rings. The molecule has 4 aliphatic heterocycles. The van der Waals surface area contributed by atoms with E-state index in [9.17, 15) is 28.8 Å². The zero-order chi connectivity index (χ0) is 58.3. The van der Waals surface area contributed by atoms with Gasteiger partial charge in [0, 0.05) is 37.1 Å². The summed E-state index contributed by atoms with van der Waals surface area (Å²) in [6, 6.07) is 12.1. The monoisotopic (exact) mass is 1230 g/mol. The minimum Gasteiger partial charge on any atom is -0.540 e. The van der Waals surface area contributed by atoms with Crippen LogP contribution in [0.5, 0.6) is 11.8 Å². The third-order valence-corrected chi connectivity index (χ3v) is 19.0. The number of hydrogen-bond acceptors (Lipinski definition) is 14. The van der Waals surface area contributed by atoms with Crippen LogP contribution in [0, 0.1) is 46.3 Å². The molecule has 18 nitrogen and oxygen atoms in total.